The van der Waals surface area contributed by atoms with Gasteiger partial charge >= 0.3 is 11.7 Å². The van der Waals surface area contributed by atoms with E-state index in [1.54, 1.807) is 0 Å². The summed E-state index contributed by atoms with van der Waals surface area (Å²) in [5.41, 5.74) is 4.58. The lowest BCUT2D eigenvalue weighted by atomic mass is 10.3. The average molecular weight is 268 g/mol. The molecule has 0 radical (unpaired) electrons. The molecule has 1 aromatic rings. The van der Waals surface area contributed by atoms with Gasteiger partial charge in [-0.05, 0) is 6.07 Å². The van der Waals surface area contributed by atoms with E-state index >= 15 is 0 Å². The Morgan fingerprint density at radius 3 is 2.63 bits per heavy atom. The molecule has 2 N–H and O–H groups in total. The molecule has 19 heavy (non-hydrogen) atoms. The van der Waals surface area contributed by atoms with E-state index in [0.717, 1.165) is 13.2 Å². The third kappa shape index (κ3) is 3.37. The van der Waals surface area contributed by atoms with Crippen molar-refractivity contribution in [2.24, 2.45) is 5.73 Å². The van der Waals surface area contributed by atoms with Gasteiger partial charge in [-0.25, -0.2) is 9.78 Å². The fraction of sp³-hybridized carbons (Fsp3) is 0.300. The van der Waals surface area contributed by atoms with Crippen molar-refractivity contribution in [2.75, 3.05) is 25.6 Å². The molecule has 0 fully saturated rings. The number of nitro groups is 1. The molecule has 0 aliphatic heterocycles. The molecular weight excluding hydrogens is 256 g/mol. The number of carbonyl (C=O) groups excluding carboxylic acids is 2. The average Bonchev–Trinajstić information content (AvgIpc) is 2.36. The summed E-state index contributed by atoms with van der Waals surface area (Å²) in [4.78, 5) is 37.4. The van der Waals surface area contributed by atoms with Crippen LogP contribution in [0.25, 0.3) is 0 Å². The van der Waals surface area contributed by atoms with E-state index in [1.807, 2.05) is 0 Å². The van der Waals surface area contributed by atoms with E-state index < -0.39 is 16.8 Å². The highest BCUT2D eigenvalue weighted by Gasteiger charge is 2.22. The van der Waals surface area contributed by atoms with Gasteiger partial charge in [-0.3, -0.25) is 14.9 Å². The van der Waals surface area contributed by atoms with Gasteiger partial charge in [0.1, 0.15) is 0 Å². The van der Waals surface area contributed by atoms with Crippen LogP contribution in [0.5, 0.6) is 0 Å². The smallest absolute Gasteiger partial charge is 0.356 e. The Balaban J connectivity index is 3.26. The molecule has 0 atom stereocenters. The first kappa shape index (κ1) is 14.4. The first-order chi connectivity index (χ1) is 8.86. The highest BCUT2D eigenvalue weighted by molar-refractivity contribution is 5.88. The monoisotopic (exact) mass is 268 g/mol. The highest BCUT2D eigenvalue weighted by atomic mass is 16.6. The zero-order valence-corrected chi connectivity index (χ0v) is 10.3. The molecule has 1 rings (SSSR count). The number of methoxy groups -OCH3 is 1. The standard InChI is InChI=1S/C10H12N4O5/c1-13(5-8(11)15)9-7(14(17)18)4-3-6(12-9)10(16)19-2/h3-4H,5H2,1-2H3,(H2,11,15). The van der Waals surface area contributed by atoms with Crippen LogP contribution in [0, 0.1) is 10.1 Å². The lowest BCUT2D eigenvalue weighted by molar-refractivity contribution is -0.384. The van der Waals surface area contributed by atoms with Gasteiger partial charge in [0.25, 0.3) is 0 Å². The normalized spacial score (nSPS) is 9.79. The second-order valence-corrected chi connectivity index (χ2v) is 3.61. The number of aromatic nitrogens is 1. The van der Waals surface area contributed by atoms with Gasteiger partial charge in [-0.1, -0.05) is 0 Å². The van der Waals surface area contributed by atoms with Crippen LogP contribution < -0.4 is 10.6 Å². The number of anilines is 1. The SMILES string of the molecule is COC(=O)c1ccc([N+](=O)[O-])c(N(C)CC(N)=O)n1. The predicted molar refractivity (Wildman–Crippen MR) is 64.7 cm³/mol. The van der Waals surface area contributed by atoms with Crippen LogP contribution in [0.15, 0.2) is 12.1 Å². The van der Waals surface area contributed by atoms with Crippen molar-refractivity contribution in [3.8, 4) is 0 Å². The summed E-state index contributed by atoms with van der Waals surface area (Å²) in [6, 6.07) is 2.29. The number of amides is 1. The summed E-state index contributed by atoms with van der Waals surface area (Å²) in [7, 11) is 2.57. The minimum atomic E-state index is -0.733. The second kappa shape index (κ2) is 5.76. The van der Waals surface area contributed by atoms with E-state index in [-0.39, 0.29) is 23.7 Å². The lowest BCUT2D eigenvalue weighted by Gasteiger charge is -2.16. The summed E-state index contributed by atoms with van der Waals surface area (Å²) in [5, 5.41) is 10.9. The Morgan fingerprint density at radius 1 is 1.53 bits per heavy atom. The molecule has 1 amide bonds. The molecule has 9 heteroatoms. The zero-order valence-electron chi connectivity index (χ0n) is 10.3. The summed E-state index contributed by atoms with van der Waals surface area (Å²) in [6.07, 6.45) is 0. The summed E-state index contributed by atoms with van der Waals surface area (Å²) in [6.45, 7) is -0.265. The molecule has 0 bridgehead atoms. The molecule has 0 saturated carbocycles. The number of hydrogen-bond donors (Lipinski definition) is 1. The maximum Gasteiger partial charge on any atom is 0.356 e. The summed E-state index contributed by atoms with van der Waals surface area (Å²) >= 11 is 0. The van der Waals surface area contributed by atoms with Crippen LogP contribution in [0.4, 0.5) is 11.5 Å². The highest BCUT2D eigenvalue weighted by Crippen LogP contribution is 2.25. The molecule has 1 heterocycles. The van der Waals surface area contributed by atoms with Crippen LogP contribution >= 0.6 is 0 Å². The molecule has 0 saturated heterocycles. The van der Waals surface area contributed by atoms with Gasteiger partial charge in [0.2, 0.25) is 11.7 Å². The number of esters is 1. The van der Waals surface area contributed by atoms with Gasteiger partial charge in [-0.15, -0.1) is 0 Å². The number of likely N-dealkylation sites (N-methyl/N-ethyl adjacent to an activating group) is 1. The minimum absolute atomic E-state index is 0.0978. The van der Waals surface area contributed by atoms with Crippen molar-refractivity contribution >= 4 is 23.4 Å². The number of pyridine rings is 1. The van der Waals surface area contributed by atoms with Crippen molar-refractivity contribution in [3.63, 3.8) is 0 Å². The first-order valence-electron chi connectivity index (χ1n) is 5.10. The number of nitrogens with two attached hydrogens (primary N) is 1. The Labute approximate surface area is 108 Å². The van der Waals surface area contributed by atoms with Crippen molar-refractivity contribution in [1.29, 1.82) is 0 Å². The van der Waals surface area contributed by atoms with E-state index in [1.165, 1.54) is 18.0 Å². The third-order valence-corrected chi connectivity index (χ3v) is 2.20. The molecule has 0 aliphatic carbocycles. The molecular formula is C10H12N4O5. The fourth-order valence-corrected chi connectivity index (χ4v) is 1.39. The Kier molecular flexibility index (Phi) is 4.35. The van der Waals surface area contributed by atoms with Gasteiger partial charge < -0.3 is 15.4 Å². The number of carbonyl (C=O) groups is 2. The van der Waals surface area contributed by atoms with Gasteiger partial charge in [0.15, 0.2) is 5.69 Å². The number of primary amides is 1. The molecule has 0 spiro atoms. The predicted octanol–water partition coefficient (Wildman–Crippen LogP) is -0.302. The van der Waals surface area contributed by atoms with Crippen LogP contribution in [0.2, 0.25) is 0 Å². The maximum atomic E-state index is 11.3. The quantitative estimate of drug-likeness (QED) is 0.440. The van der Waals surface area contributed by atoms with Crippen molar-refractivity contribution < 1.29 is 19.2 Å². The molecule has 0 aromatic carbocycles. The van der Waals surface area contributed by atoms with Gasteiger partial charge in [0.05, 0.1) is 18.6 Å². The molecule has 1 aromatic heterocycles. The third-order valence-electron chi connectivity index (χ3n) is 2.20. The van der Waals surface area contributed by atoms with Crippen molar-refractivity contribution in [3.05, 3.63) is 27.9 Å². The van der Waals surface area contributed by atoms with E-state index in [9.17, 15) is 19.7 Å². The van der Waals surface area contributed by atoms with Crippen LogP contribution in [0.3, 0.4) is 0 Å². The Hall–Kier alpha value is -2.71. The number of nitrogens with zero attached hydrogens (tertiary/aromatic N) is 3. The van der Waals surface area contributed by atoms with E-state index in [0.29, 0.717) is 0 Å². The number of rotatable bonds is 5. The van der Waals surface area contributed by atoms with Crippen molar-refractivity contribution in [1.82, 2.24) is 4.98 Å². The van der Waals surface area contributed by atoms with E-state index in [4.69, 9.17) is 5.73 Å². The summed E-state index contributed by atoms with van der Waals surface area (Å²) in [5.74, 6) is -1.54. The minimum Gasteiger partial charge on any atom is -0.464 e. The van der Waals surface area contributed by atoms with Crippen LogP contribution in [0.1, 0.15) is 10.5 Å². The lowest BCUT2D eigenvalue weighted by Crippen LogP contribution is -2.31. The summed E-state index contributed by atoms with van der Waals surface area (Å²) < 4.78 is 4.47. The Morgan fingerprint density at radius 2 is 2.16 bits per heavy atom. The molecule has 9 nitrogen and oxygen atoms in total. The van der Waals surface area contributed by atoms with E-state index in [2.05, 4.69) is 9.72 Å². The topological polar surface area (TPSA) is 129 Å². The number of ether oxygens (including phenoxy) is 1. The maximum absolute atomic E-state index is 11.3. The zero-order chi connectivity index (χ0) is 14.6. The van der Waals surface area contributed by atoms with Gasteiger partial charge in [0, 0.05) is 13.1 Å². The number of hydrogen-bond acceptors (Lipinski definition) is 7. The van der Waals surface area contributed by atoms with Crippen LogP contribution in [-0.4, -0.2) is 42.5 Å². The van der Waals surface area contributed by atoms with Gasteiger partial charge in [-0.2, -0.15) is 0 Å². The Bertz CT molecular complexity index is 531. The molecule has 0 unspecified atom stereocenters. The largest absolute Gasteiger partial charge is 0.464 e. The first-order valence-corrected chi connectivity index (χ1v) is 5.10. The van der Waals surface area contributed by atoms with Crippen molar-refractivity contribution in [2.45, 2.75) is 0 Å². The van der Waals surface area contributed by atoms with Crippen LogP contribution in [-0.2, 0) is 9.53 Å². The molecule has 102 valence electrons. The molecule has 0 aliphatic rings. The fourth-order valence-electron chi connectivity index (χ4n) is 1.39. The second-order valence-electron chi connectivity index (χ2n) is 3.61.